The number of amides is 3. The Morgan fingerprint density at radius 2 is 1.84 bits per heavy atom. The maximum Gasteiger partial charge on any atom is 0.408 e. The number of carbonyl (C=O) groups is 3. The molecule has 2 rings (SSSR count). The number of halogens is 1. The zero-order chi connectivity index (χ0) is 27.8. The van der Waals surface area contributed by atoms with Gasteiger partial charge in [0, 0.05) is 6.04 Å². The predicted octanol–water partition coefficient (Wildman–Crippen LogP) is 5.10. The number of aryl methyl sites for hydroxylation is 1. The van der Waals surface area contributed by atoms with Crippen LogP contribution in [0.15, 0.2) is 42.5 Å². The average Bonchev–Trinajstić information content (AvgIpc) is 2.81. The van der Waals surface area contributed by atoms with Crippen molar-refractivity contribution in [2.75, 3.05) is 17.3 Å². The van der Waals surface area contributed by atoms with Crippen LogP contribution in [-0.2, 0) is 14.3 Å². The van der Waals surface area contributed by atoms with Gasteiger partial charge >= 0.3 is 6.09 Å². The molecule has 2 aromatic carbocycles. The number of benzene rings is 2. The summed E-state index contributed by atoms with van der Waals surface area (Å²) >= 11 is 7.79. The maximum absolute atomic E-state index is 13.7. The van der Waals surface area contributed by atoms with E-state index >= 15 is 0 Å². The highest BCUT2D eigenvalue weighted by molar-refractivity contribution is 7.98. The monoisotopic (exact) mass is 545 g/mol. The molecule has 198 valence electrons. The maximum atomic E-state index is 13.7. The normalized spacial score (nSPS) is 12.6. The first-order chi connectivity index (χ1) is 17.4. The number of alkyl carbamates (subject to hydrolysis) is 1. The molecule has 0 bridgehead atoms. The third-order valence-corrected chi connectivity index (χ3v) is 6.12. The number of hydrogen-bond donors (Lipinski definition) is 3. The minimum atomic E-state index is -1.29. The number of terminal acetylenes is 1. The number of rotatable bonds is 9. The van der Waals surface area contributed by atoms with Crippen LogP contribution in [0, 0.1) is 19.4 Å². The van der Waals surface area contributed by atoms with Crippen LogP contribution >= 0.6 is 23.4 Å². The van der Waals surface area contributed by atoms with Crippen LogP contribution in [-0.4, -0.2) is 51.6 Å². The van der Waals surface area contributed by atoms with Crippen molar-refractivity contribution in [3.63, 3.8) is 0 Å². The third-order valence-electron chi connectivity index (χ3n) is 5.16. The van der Waals surface area contributed by atoms with Gasteiger partial charge in [-0.05, 0) is 75.5 Å². The van der Waals surface area contributed by atoms with Crippen LogP contribution in [0.3, 0.4) is 0 Å². The van der Waals surface area contributed by atoms with Gasteiger partial charge in [0.15, 0.2) is 0 Å². The number of aromatic hydroxyl groups is 1. The first kappa shape index (κ1) is 29.9. The molecular weight excluding hydrogens is 514 g/mol. The summed E-state index contributed by atoms with van der Waals surface area (Å²) in [5, 5.41) is 15.5. The highest BCUT2D eigenvalue weighted by atomic mass is 35.5. The Bertz CT molecular complexity index is 1140. The van der Waals surface area contributed by atoms with Crippen molar-refractivity contribution in [1.82, 2.24) is 10.2 Å². The fourth-order valence-corrected chi connectivity index (χ4v) is 4.17. The molecule has 2 atom stereocenters. The van der Waals surface area contributed by atoms with E-state index in [1.165, 1.54) is 36.0 Å². The second-order valence-electron chi connectivity index (χ2n) is 9.23. The van der Waals surface area contributed by atoms with Crippen LogP contribution < -0.4 is 10.6 Å². The fourth-order valence-electron chi connectivity index (χ4n) is 3.43. The topological polar surface area (TPSA) is 108 Å². The summed E-state index contributed by atoms with van der Waals surface area (Å²) in [6.45, 7) is 6.91. The average molecular weight is 546 g/mol. The van der Waals surface area contributed by atoms with Gasteiger partial charge in [0.2, 0.25) is 0 Å². The van der Waals surface area contributed by atoms with Gasteiger partial charge in [-0.25, -0.2) is 4.79 Å². The van der Waals surface area contributed by atoms with Crippen molar-refractivity contribution in [1.29, 1.82) is 0 Å². The van der Waals surface area contributed by atoms with Crippen molar-refractivity contribution in [2.24, 2.45) is 0 Å². The van der Waals surface area contributed by atoms with Crippen LogP contribution in [0.25, 0.3) is 0 Å². The van der Waals surface area contributed by atoms with Crippen LogP contribution in [0.2, 0.25) is 5.02 Å². The SMILES string of the molecule is C#CN(C(=O)C(CCSC)NC(=O)OC(C)(C)C)C(C(=O)Nc1c(C)cccc1Cl)c1ccc(O)cc1. The standard InChI is InChI=1S/C27H32ClN3O5S/c1-7-31(25(34)21(15-16-37-6)29-26(35)36-27(3,4)5)23(18-11-13-19(32)14-12-18)24(33)30-22-17(2)9-8-10-20(22)28/h1,8-14,21,23,32H,15-16H2,2-6H3,(H,29,35)(H,30,33). The lowest BCUT2D eigenvalue weighted by Crippen LogP contribution is -2.51. The van der Waals surface area contributed by atoms with E-state index in [1.807, 2.05) is 6.26 Å². The van der Waals surface area contributed by atoms with E-state index in [9.17, 15) is 19.5 Å². The smallest absolute Gasteiger partial charge is 0.408 e. The highest BCUT2D eigenvalue weighted by Gasteiger charge is 2.36. The fraction of sp³-hybridized carbons (Fsp3) is 0.370. The molecule has 0 aliphatic heterocycles. The zero-order valence-electron chi connectivity index (χ0n) is 21.5. The Labute approximate surface area is 227 Å². The Kier molecular flexibility index (Phi) is 10.7. The molecule has 2 aromatic rings. The van der Waals surface area contributed by atoms with Crippen molar-refractivity contribution in [2.45, 2.75) is 51.8 Å². The van der Waals surface area contributed by atoms with Crippen molar-refractivity contribution >= 4 is 47.0 Å². The van der Waals surface area contributed by atoms with Gasteiger partial charge in [0.25, 0.3) is 11.8 Å². The summed E-state index contributed by atoms with van der Waals surface area (Å²) in [5.41, 5.74) is 0.679. The molecule has 8 nitrogen and oxygen atoms in total. The van der Waals surface area contributed by atoms with E-state index in [-0.39, 0.29) is 12.2 Å². The second kappa shape index (κ2) is 13.3. The predicted molar refractivity (Wildman–Crippen MR) is 148 cm³/mol. The number of nitrogens with one attached hydrogen (secondary N) is 2. The van der Waals surface area contributed by atoms with Gasteiger partial charge in [-0.1, -0.05) is 42.3 Å². The summed E-state index contributed by atoms with van der Waals surface area (Å²) in [7, 11) is 0. The van der Waals surface area contributed by atoms with E-state index in [0.717, 1.165) is 4.90 Å². The summed E-state index contributed by atoms with van der Waals surface area (Å²) in [5.74, 6) is -0.757. The number of phenolic OH excluding ortho intramolecular Hbond substituents is 1. The van der Waals surface area contributed by atoms with Crippen LogP contribution in [0.1, 0.15) is 44.4 Å². The Morgan fingerprint density at radius 1 is 1.19 bits per heavy atom. The quantitative estimate of drug-likeness (QED) is 0.299. The minimum absolute atomic E-state index is 0.0205. The van der Waals surface area contributed by atoms with Gasteiger partial charge < -0.3 is 20.5 Å². The molecule has 3 N–H and O–H groups in total. The van der Waals surface area contributed by atoms with E-state index in [1.54, 1.807) is 45.9 Å². The zero-order valence-corrected chi connectivity index (χ0v) is 23.1. The lowest BCUT2D eigenvalue weighted by molar-refractivity contribution is -0.136. The summed E-state index contributed by atoms with van der Waals surface area (Å²) < 4.78 is 5.32. The Balaban J connectivity index is 2.47. The van der Waals surface area contributed by atoms with Crippen molar-refractivity contribution < 1.29 is 24.2 Å². The molecule has 0 spiro atoms. The number of ether oxygens (including phenoxy) is 1. The third kappa shape index (κ3) is 8.62. The van der Waals surface area contributed by atoms with Gasteiger partial charge in [0.1, 0.15) is 23.4 Å². The molecule has 0 aromatic heterocycles. The largest absolute Gasteiger partial charge is 0.508 e. The van der Waals surface area contributed by atoms with Crippen LogP contribution in [0.5, 0.6) is 5.75 Å². The number of phenols is 1. The highest BCUT2D eigenvalue weighted by Crippen LogP contribution is 2.30. The molecule has 3 amide bonds. The molecule has 10 heteroatoms. The molecule has 0 aliphatic carbocycles. The lowest BCUT2D eigenvalue weighted by atomic mass is 10.0. The number of para-hydroxylation sites is 1. The van der Waals surface area contributed by atoms with Gasteiger partial charge in [-0.2, -0.15) is 11.8 Å². The molecule has 2 unspecified atom stereocenters. The number of hydrogen-bond acceptors (Lipinski definition) is 6. The van der Waals surface area contributed by atoms with Gasteiger partial charge in [-0.15, -0.1) is 0 Å². The van der Waals surface area contributed by atoms with Crippen molar-refractivity contribution in [3.05, 3.63) is 58.6 Å². The summed E-state index contributed by atoms with van der Waals surface area (Å²) in [4.78, 5) is 40.7. The molecule has 37 heavy (non-hydrogen) atoms. The minimum Gasteiger partial charge on any atom is -0.508 e. The molecular formula is C27H32ClN3O5S. The summed E-state index contributed by atoms with van der Waals surface area (Å²) in [6, 6.07) is 10.9. The molecule has 0 aliphatic rings. The second-order valence-corrected chi connectivity index (χ2v) is 10.6. The number of thioether (sulfide) groups is 1. The molecule has 0 saturated carbocycles. The number of anilines is 1. The van der Waals surface area contributed by atoms with Gasteiger partial charge in [0.05, 0.1) is 10.7 Å². The van der Waals surface area contributed by atoms with Crippen molar-refractivity contribution in [3.8, 4) is 18.2 Å². The molecule has 0 fully saturated rings. The lowest BCUT2D eigenvalue weighted by Gasteiger charge is -2.30. The van der Waals surface area contributed by atoms with E-state index in [0.29, 0.717) is 27.6 Å². The number of carbonyl (C=O) groups excluding carboxylic acids is 3. The molecule has 0 heterocycles. The molecule has 0 radical (unpaired) electrons. The van der Waals surface area contributed by atoms with Crippen LogP contribution in [0.4, 0.5) is 10.5 Å². The first-order valence-corrected chi connectivity index (χ1v) is 13.3. The Morgan fingerprint density at radius 3 is 2.38 bits per heavy atom. The van der Waals surface area contributed by atoms with E-state index in [4.69, 9.17) is 22.8 Å². The summed E-state index contributed by atoms with van der Waals surface area (Å²) in [6.07, 6.45) is 7.13. The van der Waals surface area contributed by atoms with Gasteiger partial charge in [-0.3, -0.25) is 14.5 Å². The Hall–Kier alpha value is -3.35. The molecule has 0 saturated heterocycles. The van der Waals surface area contributed by atoms with E-state index < -0.39 is 35.6 Å². The first-order valence-electron chi connectivity index (χ1n) is 11.5. The number of nitrogens with zero attached hydrogens (tertiary/aromatic N) is 1. The van der Waals surface area contributed by atoms with E-state index in [2.05, 4.69) is 16.7 Å².